The maximum atomic E-state index is 14.2. The zero-order valence-corrected chi connectivity index (χ0v) is 25.2. The van der Waals surface area contributed by atoms with Gasteiger partial charge in [-0.3, -0.25) is 14.4 Å². The molecule has 1 heterocycles. The molecule has 1 aliphatic rings. The number of nitrogens with two attached hydrogens (primary N) is 2. The standard InChI is InChI=1S/C29H41N5O7S/c1-29(2,3)41-28(38)32-16-6-7-18-34(42(39,40)22-13-12-20-9-4-5-10-21(20)19-22)24(14-15-25(30)35)27(37)33-17-8-11-23(33)26(31)36/h4-5,9-10,12-13,19,23-24H,6-8,11,14-18H2,1-3H3,(H2,30,35)(H2,31,36)(H,32,38)/t23-,24+/m0/s1. The first-order valence-corrected chi connectivity index (χ1v) is 15.5. The smallest absolute Gasteiger partial charge is 0.407 e. The molecule has 0 aliphatic carbocycles. The Hall–Kier alpha value is -3.71. The maximum Gasteiger partial charge on any atom is 0.407 e. The van der Waals surface area contributed by atoms with Gasteiger partial charge in [-0.1, -0.05) is 30.3 Å². The first kappa shape index (κ1) is 32.8. The molecule has 1 fully saturated rings. The fraction of sp³-hybridized carbons (Fsp3) is 0.517. The molecule has 2 atom stereocenters. The molecule has 2 aromatic rings. The molecular formula is C29H41N5O7S. The minimum atomic E-state index is -4.27. The zero-order valence-electron chi connectivity index (χ0n) is 24.4. The lowest BCUT2D eigenvalue weighted by molar-refractivity contribution is -0.140. The fourth-order valence-corrected chi connectivity index (χ4v) is 6.68. The van der Waals surface area contributed by atoms with Crippen LogP contribution in [0.5, 0.6) is 0 Å². The Kier molecular flexibility index (Phi) is 10.9. The van der Waals surface area contributed by atoms with Crippen molar-refractivity contribution in [2.75, 3.05) is 19.6 Å². The summed E-state index contributed by atoms with van der Waals surface area (Å²) in [6.07, 6.45) is 0.570. The first-order valence-electron chi connectivity index (χ1n) is 14.1. The van der Waals surface area contributed by atoms with Crippen molar-refractivity contribution < 1.29 is 32.3 Å². The number of alkyl carbamates (subject to hydrolysis) is 1. The minimum Gasteiger partial charge on any atom is -0.444 e. The number of sulfonamides is 1. The van der Waals surface area contributed by atoms with Gasteiger partial charge in [-0.15, -0.1) is 0 Å². The lowest BCUT2D eigenvalue weighted by atomic mass is 10.1. The van der Waals surface area contributed by atoms with E-state index in [-0.39, 0.29) is 43.8 Å². The Bertz CT molecular complexity index is 1410. The summed E-state index contributed by atoms with van der Waals surface area (Å²) in [5.74, 6) is -1.97. The van der Waals surface area contributed by atoms with Crippen molar-refractivity contribution in [3.63, 3.8) is 0 Å². The van der Waals surface area contributed by atoms with Gasteiger partial charge < -0.3 is 26.4 Å². The van der Waals surface area contributed by atoms with Gasteiger partial charge in [0.2, 0.25) is 27.7 Å². The van der Waals surface area contributed by atoms with Gasteiger partial charge in [-0.05, 0) is 75.8 Å². The van der Waals surface area contributed by atoms with Gasteiger partial charge in [0.25, 0.3) is 0 Å². The van der Waals surface area contributed by atoms with Gasteiger partial charge in [0, 0.05) is 26.1 Å². The van der Waals surface area contributed by atoms with Crippen molar-refractivity contribution in [1.29, 1.82) is 0 Å². The van der Waals surface area contributed by atoms with Crippen LogP contribution in [0.3, 0.4) is 0 Å². The van der Waals surface area contributed by atoms with Gasteiger partial charge in [0.15, 0.2) is 0 Å². The summed E-state index contributed by atoms with van der Waals surface area (Å²) < 4.78 is 34.7. The second-order valence-electron chi connectivity index (χ2n) is 11.4. The summed E-state index contributed by atoms with van der Waals surface area (Å²) in [5, 5.41) is 4.19. The second kappa shape index (κ2) is 14.0. The Morgan fingerprint density at radius 1 is 1.07 bits per heavy atom. The van der Waals surface area contributed by atoms with Gasteiger partial charge in [0.05, 0.1) is 4.90 Å². The normalized spacial score (nSPS) is 16.4. The predicted octanol–water partition coefficient (Wildman–Crippen LogP) is 2.25. The van der Waals surface area contributed by atoms with Crippen molar-refractivity contribution >= 4 is 44.6 Å². The van der Waals surface area contributed by atoms with E-state index in [0.717, 1.165) is 9.69 Å². The molecule has 2 aromatic carbocycles. The molecule has 12 nitrogen and oxygen atoms in total. The number of unbranched alkanes of at least 4 members (excludes halogenated alkanes) is 1. The molecule has 0 aromatic heterocycles. The molecule has 230 valence electrons. The van der Waals surface area contributed by atoms with Crippen molar-refractivity contribution in [2.45, 2.75) is 81.9 Å². The zero-order chi connectivity index (χ0) is 31.1. The number of primary amides is 2. The molecule has 1 aliphatic heterocycles. The third-order valence-corrected chi connectivity index (χ3v) is 8.87. The molecule has 42 heavy (non-hydrogen) atoms. The van der Waals surface area contributed by atoms with Crippen LogP contribution in [0.2, 0.25) is 0 Å². The number of nitrogens with zero attached hydrogens (tertiary/aromatic N) is 2. The molecular weight excluding hydrogens is 562 g/mol. The van der Waals surface area contributed by atoms with Gasteiger partial charge in [-0.25, -0.2) is 13.2 Å². The number of hydrogen-bond acceptors (Lipinski definition) is 7. The van der Waals surface area contributed by atoms with Crippen LogP contribution in [0, 0.1) is 0 Å². The Labute approximate surface area is 246 Å². The highest BCUT2D eigenvalue weighted by molar-refractivity contribution is 7.89. The monoisotopic (exact) mass is 603 g/mol. The van der Waals surface area contributed by atoms with E-state index in [1.165, 1.54) is 11.0 Å². The number of likely N-dealkylation sites (tertiary alicyclic amines) is 1. The summed E-state index contributed by atoms with van der Waals surface area (Å²) in [6, 6.07) is 9.84. The van der Waals surface area contributed by atoms with Crippen LogP contribution >= 0.6 is 0 Å². The summed E-state index contributed by atoms with van der Waals surface area (Å²) in [7, 11) is -4.27. The van der Waals surface area contributed by atoms with Crippen LogP contribution in [0.25, 0.3) is 10.8 Å². The van der Waals surface area contributed by atoms with E-state index in [1.807, 2.05) is 12.1 Å². The number of ether oxygens (including phenoxy) is 1. The van der Waals surface area contributed by atoms with Crippen molar-refractivity contribution in [3.05, 3.63) is 42.5 Å². The number of carbonyl (C=O) groups is 4. The average Bonchev–Trinajstić information content (AvgIpc) is 3.40. The first-order chi connectivity index (χ1) is 19.7. The van der Waals surface area contributed by atoms with Crippen LogP contribution < -0.4 is 16.8 Å². The van der Waals surface area contributed by atoms with E-state index in [0.29, 0.717) is 24.6 Å². The second-order valence-corrected chi connectivity index (χ2v) is 13.3. The molecule has 5 N–H and O–H groups in total. The van der Waals surface area contributed by atoms with E-state index >= 15 is 0 Å². The van der Waals surface area contributed by atoms with E-state index in [9.17, 15) is 27.6 Å². The van der Waals surface area contributed by atoms with E-state index in [4.69, 9.17) is 16.2 Å². The van der Waals surface area contributed by atoms with Crippen LogP contribution in [-0.2, 0) is 29.1 Å². The van der Waals surface area contributed by atoms with Crippen LogP contribution in [0.1, 0.15) is 59.3 Å². The van der Waals surface area contributed by atoms with Crippen molar-refractivity contribution in [2.24, 2.45) is 11.5 Å². The average molecular weight is 604 g/mol. The largest absolute Gasteiger partial charge is 0.444 e. The number of fused-ring (bicyclic) bond motifs is 1. The van der Waals surface area contributed by atoms with E-state index in [2.05, 4.69) is 5.32 Å². The van der Waals surface area contributed by atoms with Crippen molar-refractivity contribution in [1.82, 2.24) is 14.5 Å². The summed E-state index contributed by atoms with van der Waals surface area (Å²) in [5.41, 5.74) is 10.3. The van der Waals surface area contributed by atoms with Gasteiger partial charge >= 0.3 is 6.09 Å². The molecule has 13 heteroatoms. The molecule has 0 unspecified atom stereocenters. The third kappa shape index (κ3) is 8.65. The Morgan fingerprint density at radius 2 is 1.76 bits per heavy atom. The molecule has 0 saturated carbocycles. The van der Waals surface area contributed by atoms with E-state index < -0.39 is 51.5 Å². The highest BCUT2D eigenvalue weighted by Crippen LogP contribution is 2.28. The van der Waals surface area contributed by atoms with Crippen LogP contribution in [-0.4, -0.2) is 78.8 Å². The predicted molar refractivity (Wildman–Crippen MR) is 157 cm³/mol. The van der Waals surface area contributed by atoms with Crippen molar-refractivity contribution in [3.8, 4) is 0 Å². The summed E-state index contributed by atoms with van der Waals surface area (Å²) >= 11 is 0. The highest BCUT2D eigenvalue weighted by atomic mass is 32.2. The fourth-order valence-electron chi connectivity index (χ4n) is 4.99. The van der Waals surface area contributed by atoms with Crippen LogP contribution in [0.4, 0.5) is 4.79 Å². The SMILES string of the molecule is CC(C)(C)OC(=O)NCCCCN([C@H](CCC(N)=O)C(=O)N1CCC[C@H]1C(N)=O)S(=O)(=O)c1ccc2ccccc2c1. The number of nitrogens with one attached hydrogen (secondary N) is 1. The number of carbonyl (C=O) groups excluding carboxylic acids is 4. The Morgan fingerprint density at radius 3 is 2.40 bits per heavy atom. The lowest BCUT2D eigenvalue weighted by Gasteiger charge is -2.34. The van der Waals surface area contributed by atoms with Gasteiger partial charge in [-0.2, -0.15) is 4.31 Å². The molecule has 4 amide bonds. The summed E-state index contributed by atoms with van der Waals surface area (Å²) in [6.45, 7) is 5.60. The molecule has 3 rings (SSSR count). The number of rotatable bonds is 13. The van der Waals surface area contributed by atoms with Gasteiger partial charge in [0.1, 0.15) is 17.7 Å². The third-order valence-electron chi connectivity index (χ3n) is 6.96. The van der Waals surface area contributed by atoms with E-state index in [1.54, 1.807) is 45.0 Å². The van der Waals surface area contributed by atoms with Crippen LogP contribution in [0.15, 0.2) is 47.4 Å². The molecule has 0 bridgehead atoms. The number of amides is 4. The number of benzene rings is 2. The molecule has 0 radical (unpaired) electrons. The maximum absolute atomic E-state index is 14.2. The molecule has 1 saturated heterocycles. The molecule has 0 spiro atoms. The number of hydrogen-bond donors (Lipinski definition) is 3. The lowest BCUT2D eigenvalue weighted by Crippen LogP contribution is -2.54. The topological polar surface area (TPSA) is 182 Å². The Balaban J connectivity index is 1.93. The minimum absolute atomic E-state index is 0.0159. The highest BCUT2D eigenvalue weighted by Gasteiger charge is 2.42. The quantitative estimate of drug-likeness (QED) is 0.293. The summed E-state index contributed by atoms with van der Waals surface area (Å²) in [4.78, 5) is 51.1.